The van der Waals surface area contributed by atoms with Gasteiger partial charge in [-0.1, -0.05) is 30.7 Å². The maximum absolute atomic E-state index is 2.64. The Hall–Kier alpha value is -0.510. The van der Waals surface area contributed by atoms with Crippen LogP contribution in [0.25, 0.3) is 0 Å². The van der Waals surface area contributed by atoms with Crippen molar-refractivity contribution in [1.82, 2.24) is 9.80 Å². The average Bonchev–Trinajstić information content (AvgIpc) is 2.55. The van der Waals surface area contributed by atoms with E-state index in [2.05, 4.69) is 45.8 Å². The zero-order valence-corrected chi connectivity index (χ0v) is 13.9. The van der Waals surface area contributed by atoms with E-state index < -0.39 is 0 Å². The van der Waals surface area contributed by atoms with Gasteiger partial charge in [0, 0.05) is 37.7 Å². The maximum atomic E-state index is 2.64. The molecule has 2 aliphatic heterocycles. The second kappa shape index (κ2) is 8.21. The Balaban J connectivity index is 1.50. The Morgan fingerprint density at radius 3 is 2.43 bits per heavy atom. The molecule has 0 N–H and O–H groups in total. The third-order valence-electron chi connectivity index (χ3n) is 4.67. The zero-order valence-electron chi connectivity index (χ0n) is 13.1. The number of hydrogen-bond acceptors (Lipinski definition) is 3. The van der Waals surface area contributed by atoms with Crippen molar-refractivity contribution in [2.24, 2.45) is 0 Å². The largest absolute Gasteiger partial charge is 0.303 e. The van der Waals surface area contributed by atoms with Crippen molar-refractivity contribution in [1.29, 1.82) is 0 Å². The lowest BCUT2D eigenvalue weighted by Crippen LogP contribution is -2.32. The molecule has 2 fully saturated rings. The molecule has 2 heterocycles. The fraction of sp³-hybridized carbons (Fsp3) is 0.667. The first kappa shape index (κ1) is 15.4. The molecule has 0 atom stereocenters. The van der Waals surface area contributed by atoms with Crippen LogP contribution < -0.4 is 0 Å². The molecule has 116 valence electrons. The van der Waals surface area contributed by atoms with Crippen molar-refractivity contribution in [2.45, 2.75) is 32.2 Å². The molecule has 1 aromatic carbocycles. The predicted molar refractivity (Wildman–Crippen MR) is 93.0 cm³/mol. The van der Waals surface area contributed by atoms with Crippen LogP contribution in [0.2, 0.25) is 0 Å². The summed E-state index contributed by atoms with van der Waals surface area (Å²) >= 11 is 2.09. The molecule has 0 spiro atoms. The zero-order chi connectivity index (χ0) is 14.3. The summed E-state index contributed by atoms with van der Waals surface area (Å²) in [5.41, 5.74) is 3.02. The van der Waals surface area contributed by atoms with Crippen molar-refractivity contribution in [3.8, 4) is 0 Å². The highest BCUT2D eigenvalue weighted by molar-refractivity contribution is 7.99. The fourth-order valence-corrected chi connectivity index (χ4v) is 4.35. The number of hydrogen-bond donors (Lipinski definition) is 0. The van der Waals surface area contributed by atoms with E-state index in [9.17, 15) is 0 Å². The minimum atomic E-state index is 1.14. The van der Waals surface area contributed by atoms with Crippen LogP contribution in [0.5, 0.6) is 0 Å². The Labute approximate surface area is 133 Å². The lowest BCUT2D eigenvalue weighted by Gasteiger charge is -2.27. The van der Waals surface area contributed by atoms with Gasteiger partial charge < -0.3 is 4.90 Å². The first-order valence-corrected chi connectivity index (χ1v) is 9.66. The smallest absolute Gasteiger partial charge is 0.0234 e. The Morgan fingerprint density at radius 2 is 1.62 bits per heavy atom. The summed E-state index contributed by atoms with van der Waals surface area (Å²) < 4.78 is 0. The van der Waals surface area contributed by atoms with Crippen LogP contribution in [0.15, 0.2) is 24.3 Å². The first-order chi connectivity index (χ1) is 10.4. The van der Waals surface area contributed by atoms with Gasteiger partial charge >= 0.3 is 0 Å². The molecule has 0 aromatic heterocycles. The van der Waals surface area contributed by atoms with E-state index in [-0.39, 0.29) is 0 Å². The molecule has 3 rings (SSSR count). The summed E-state index contributed by atoms with van der Waals surface area (Å²) in [7, 11) is 0. The standard InChI is InChI=1S/C18H28N2S/c1-2-8-19(9-3-1)10-7-17-5-4-6-18(15-17)16-20-11-13-21-14-12-20/h4-6,15H,1-3,7-14,16H2. The van der Waals surface area contributed by atoms with E-state index in [1.54, 1.807) is 0 Å². The maximum Gasteiger partial charge on any atom is 0.0234 e. The van der Waals surface area contributed by atoms with Crippen LogP contribution in [-0.2, 0) is 13.0 Å². The monoisotopic (exact) mass is 304 g/mol. The molecule has 0 bridgehead atoms. The second-order valence-corrected chi connectivity index (χ2v) is 7.59. The highest BCUT2D eigenvalue weighted by Crippen LogP contribution is 2.15. The topological polar surface area (TPSA) is 6.48 Å². The SMILES string of the molecule is c1cc(CCN2CCCCC2)cc(CN2CCSCC2)c1. The molecule has 2 aliphatic rings. The predicted octanol–water partition coefficient (Wildman–Crippen LogP) is 3.26. The summed E-state index contributed by atoms with van der Waals surface area (Å²) in [4.78, 5) is 5.23. The molecule has 0 aliphatic carbocycles. The summed E-state index contributed by atoms with van der Waals surface area (Å²) in [5, 5.41) is 0. The van der Waals surface area contributed by atoms with Crippen LogP contribution in [0, 0.1) is 0 Å². The normalized spacial score (nSPS) is 21.5. The molecule has 0 unspecified atom stereocenters. The average molecular weight is 305 g/mol. The molecule has 2 nitrogen and oxygen atoms in total. The van der Waals surface area contributed by atoms with Gasteiger partial charge in [-0.25, -0.2) is 0 Å². The van der Waals surface area contributed by atoms with Crippen LogP contribution in [0.4, 0.5) is 0 Å². The number of piperidine rings is 1. The molecule has 1 aromatic rings. The molecular weight excluding hydrogens is 276 g/mol. The van der Waals surface area contributed by atoms with E-state index in [4.69, 9.17) is 0 Å². The highest BCUT2D eigenvalue weighted by atomic mass is 32.2. The van der Waals surface area contributed by atoms with Gasteiger partial charge in [0.1, 0.15) is 0 Å². The molecular formula is C18H28N2S. The van der Waals surface area contributed by atoms with Gasteiger partial charge in [-0.05, 0) is 43.5 Å². The lowest BCUT2D eigenvalue weighted by molar-refractivity contribution is 0.231. The van der Waals surface area contributed by atoms with Crippen molar-refractivity contribution in [3.05, 3.63) is 35.4 Å². The second-order valence-electron chi connectivity index (χ2n) is 6.36. The van der Waals surface area contributed by atoms with Gasteiger partial charge in [0.05, 0.1) is 0 Å². The number of nitrogens with zero attached hydrogens (tertiary/aromatic N) is 2. The Bertz CT molecular complexity index is 423. The third kappa shape index (κ3) is 5.01. The van der Waals surface area contributed by atoms with Crippen LogP contribution >= 0.6 is 11.8 Å². The summed E-state index contributed by atoms with van der Waals surface area (Å²) in [6.07, 6.45) is 5.43. The molecule has 0 saturated carbocycles. The van der Waals surface area contributed by atoms with Gasteiger partial charge in [0.15, 0.2) is 0 Å². The van der Waals surface area contributed by atoms with Crippen molar-refractivity contribution in [2.75, 3.05) is 44.2 Å². The van der Waals surface area contributed by atoms with Crippen LogP contribution in [0.1, 0.15) is 30.4 Å². The number of likely N-dealkylation sites (tertiary alicyclic amines) is 1. The lowest BCUT2D eigenvalue weighted by atomic mass is 10.1. The molecule has 3 heteroatoms. The van der Waals surface area contributed by atoms with Gasteiger partial charge in [-0.2, -0.15) is 11.8 Å². The van der Waals surface area contributed by atoms with E-state index in [1.165, 1.54) is 81.0 Å². The molecule has 0 amide bonds. The third-order valence-corrected chi connectivity index (χ3v) is 5.61. The van der Waals surface area contributed by atoms with Gasteiger partial charge in [-0.15, -0.1) is 0 Å². The summed E-state index contributed by atoms with van der Waals surface area (Å²) in [6.45, 7) is 7.50. The Morgan fingerprint density at radius 1 is 0.857 bits per heavy atom. The van der Waals surface area contributed by atoms with E-state index in [0.717, 1.165) is 6.54 Å². The number of benzene rings is 1. The minimum Gasteiger partial charge on any atom is -0.303 e. The van der Waals surface area contributed by atoms with Crippen molar-refractivity contribution < 1.29 is 0 Å². The highest BCUT2D eigenvalue weighted by Gasteiger charge is 2.12. The van der Waals surface area contributed by atoms with E-state index in [1.807, 2.05) is 0 Å². The Kier molecular flexibility index (Phi) is 6.02. The van der Waals surface area contributed by atoms with Gasteiger partial charge in [-0.3, -0.25) is 4.90 Å². The minimum absolute atomic E-state index is 1.14. The summed E-state index contributed by atoms with van der Waals surface area (Å²) in [6, 6.07) is 9.29. The van der Waals surface area contributed by atoms with Gasteiger partial charge in [0.2, 0.25) is 0 Å². The van der Waals surface area contributed by atoms with Crippen LogP contribution in [0.3, 0.4) is 0 Å². The number of rotatable bonds is 5. The van der Waals surface area contributed by atoms with Crippen molar-refractivity contribution >= 4 is 11.8 Å². The molecule has 2 saturated heterocycles. The fourth-order valence-electron chi connectivity index (χ4n) is 3.37. The van der Waals surface area contributed by atoms with E-state index >= 15 is 0 Å². The van der Waals surface area contributed by atoms with Gasteiger partial charge in [0.25, 0.3) is 0 Å². The molecule has 21 heavy (non-hydrogen) atoms. The molecule has 0 radical (unpaired) electrons. The quantitative estimate of drug-likeness (QED) is 0.824. The van der Waals surface area contributed by atoms with E-state index in [0.29, 0.717) is 0 Å². The number of thioether (sulfide) groups is 1. The summed E-state index contributed by atoms with van der Waals surface area (Å²) in [5.74, 6) is 2.60. The first-order valence-electron chi connectivity index (χ1n) is 8.50. The van der Waals surface area contributed by atoms with Crippen molar-refractivity contribution in [3.63, 3.8) is 0 Å². The van der Waals surface area contributed by atoms with Crippen LogP contribution in [-0.4, -0.2) is 54.0 Å².